The summed E-state index contributed by atoms with van der Waals surface area (Å²) in [6, 6.07) is 18.4. The maximum atomic E-state index is 13.4. The number of hydrogen-bond donors (Lipinski definition) is 1. The molecule has 0 aliphatic carbocycles. The molecule has 174 valence electrons. The molecular formula is C27H25NO6. The van der Waals surface area contributed by atoms with E-state index in [0.29, 0.717) is 28.5 Å². The van der Waals surface area contributed by atoms with E-state index in [9.17, 15) is 14.7 Å². The van der Waals surface area contributed by atoms with Gasteiger partial charge in [-0.3, -0.25) is 14.5 Å². The zero-order valence-corrected chi connectivity index (χ0v) is 19.4. The summed E-state index contributed by atoms with van der Waals surface area (Å²) in [4.78, 5) is 28.1. The number of ketones is 1. The number of benzene rings is 3. The lowest BCUT2D eigenvalue weighted by atomic mass is 9.94. The highest BCUT2D eigenvalue weighted by molar-refractivity contribution is 6.51. The van der Waals surface area contributed by atoms with Crippen molar-refractivity contribution in [2.45, 2.75) is 13.0 Å². The molecule has 4 rings (SSSR count). The predicted molar refractivity (Wildman–Crippen MR) is 129 cm³/mol. The van der Waals surface area contributed by atoms with Crippen LogP contribution >= 0.6 is 0 Å². The van der Waals surface area contributed by atoms with Crippen molar-refractivity contribution in [3.8, 4) is 17.2 Å². The van der Waals surface area contributed by atoms with Crippen LogP contribution < -0.4 is 19.1 Å². The fourth-order valence-corrected chi connectivity index (χ4v) is 4.15. The average Bonchev–Trinajstić information content (AvgIpc) is 3.13. The molecule has 0 saturated carbocycles. The van der Waals surface area contributed by atoms with Crippen molar-refractivity contribution in [2.75, 3.05) is 26.2 Å². The molecule has 1 heterocycles. The van der Waals surface area contributed by atoms with Gasteiger partial charge in [-0.25, -0.2) is 0 Å². The molecule has 7 nitrogen and oxygen atoms in total. The molecule has 0 bridgehead atoms. The minimum Gasteiger partial charge on any atom is -0.506 e. The lowest BCUT2D eigenvalue weighted by Crippen LogP contribution is -2.29. The number of ether oxygens (including phenoxy) is 3. The van der Waals surface area contributed by atoms with Crippen LogP contribution in [0.15, 0.2) is 72.3 Å². The number of carbonyl (C=O) groups is 2. The monoisotopic (exact) mass is 459 g/mol. The lowest BCUT2D eigenvalue weighted by molar-refractivity contribution is -0.132. The highest BCUT2D eigenvalue weighted by Gasteiger charge is 2.47. The molecule has 1 atom stereocenters. The second kappa shape index (κ2) is 9.31. The molecular weight excluding hydrogens is 434 g/mol. The van der Waals surface area contributed by atoms with E-state index in [2.05, 4.69) is 0 Å². The molecule has 0 radical (unpaired) electrons. The summed E-state index contributed by atoms with van der Waals surface area (Å²) in [6.45, 7) is 1.94. The summed E-state index contributed by atoms with van der Waals surface area (Å²) in [5.41, 5.74) is 2.28. The smallest absolute Gasteiger partial charge is 0.300 e. The van der Waals surface area contributed by atoms with Crippen molar-refractivity contribution < 1.29 is 28.9 Å². The summed E-state index contributed by atoms with van der Waals surface area (Å²) in [6.07, 6.45) is 0. The fraction of sp³-hybridized carbons (Fsp3) is 0.185. The number of hydrogen-bond acceptors (Lipinski definition) is 6. The standard InChI is InChI=1S/C27H25NO6/c1-16-11-13-18(14-12-16)28-24(17-7-5-8-19(15-17)32-2)23(26(30)27(28)31)25(29)22-20(33-3)9-6-10-21(22)34-4/h5-15,24,29H,1-4H3/b25-23+. The molecule has 1 N–H and O–H groups in total. The van der Waals surface area contributed by atoms with Gasteiger partial charge in [0.05, 0.1) is 32.9 Å². The van der Waals surface area contributed by atoms with Gasteiger partial charge in [-0.2, -0.15) is 0 Å². The van der Waals surface area contributed by atoms with E-state index < -0.39 is 17.7 Å². The van der Waals surface area contributed by atoms with E-state index in [1.807, 2.05) is 19.1 Å². The number of methoxy groups -OCH3 is 3. The Labute approximate surface area is 197 Å². The summed E-state index contributed by atoms with van der Waals surface area (Å²) >= 11 is 0. The van der Waals surface area contributed by atoms with Gasteiger partial charge in [-0.1, -0.05) is 35.9 Å². The van der Waals surface area contributed by atoms with Gasteiger partial charge in [0.2, 0.25) is 0 Å². The second-order valence-corrected chi connectivity index (χ2v) is 7.82. The fourth-order valence-electron chi connectivity index (χ4n) is 4.15. The molecule has 7 heteroatoms. The van der Waals surface area contributed by atoms with Gasteiger partial charge >= 0.3 is 0 Å². The Morgan fingerprint density at radius 2 is 1.47 bits per heavy atom. The van der Waals surface area contributed by atoms with Crippen LogP contribution in [0, 0.1) is 6.92 Å². The van der Waals surface area contributed by atoms with Crippen LogP contribution in [0.1, 0.15) is 22.7 Å². The van der Waals surface area contributed by atoms with Crippen molar-refractivity contribution >= 4 is 23.1 Å². The first-order valence-corrected chi connectivity index (χ1v) is 10.6. The van der Waals surface area contributed by atoms with Crippen LogP contribution in [0.4, 0.5) is 5.69 Å². The van der Waals surface area contributed by atoms with E-state index in [-0.39, 0.29) is 16.9 Å². The Kier molecular flexibility index (Phi) is 6.27. The van der Waals surface area contributed by atoms with Crippen LogP contribution in [-0.2, 0) is 9.59 Å². The molecule has 3 aromatic carbocycles. The van der Waals surface area contributed by atoms with Gasteiger partial charge in [-0.05, 0) is 48.9 Å². The van der Waals surface area contributed by atoms with Crippen LogP contribution in [-0.4, -0.2) is 38.1 Å². The third-order valence-corrected chi connectivity index (χ3v) is 5.83. The third-order valence-electron chi connectivity index (χ3n) is 5.83. The Bertz CT molecular complexity index is 1260. The Morgan fingerprint density at radius 3 is 2.06 bits per heavy atom. The van der Waals surface area contributed by atoms with Crippen molar-refractivity contribution in [2.24, 2.45) is 0 Å². The van der Waals surface area contributed by atoms with Crippen LogP contribution in [0.25, 0.3) is 5.76 Å². The maximum absolute atomic E-state index is 13.4. The summed E-state index contributed by atoms with van der Waals surface area (Å²) in [5, 5.41) is 11.5. The number of anilines is 1. The highest BCUT2D eigenvalue weighted by atomic mass is 16.5. The first-order valence-electron chi connectivity index (χ1n) is 10.6. The minimum atomic E-state index is -0.896. The zero-order valence-electron chi connectivity index (χ0n) is 19.4. The molecule has 34 heavy (non-hydrogen) atoms. The molecule has 0 spiro atoms. The zero-order chi connectivity index (χ0) is 24.4. The van der Waals surface area contributed by atoms with Crippen LogP contribution in [0.2, 0.25) is 0 Å². The number of rotatable bonds is 6. The third kappa shape index (κ3) is 3.85. The molecule has 1 fully saturated rings. The number of aliphatic hydroxyl groups excluding tert-OH is 1. The Balaban J connectivity index is 2.02. The average molecular weight is 459 g/mol. The van der Waals surface area contributed by atoms with Gasteiger partial charge in [-0.15, -0.1) is 0 Å². The Hall–Kier alpha value is -4.26. The van der Waals surface area contributed by atoms with Gasteiger partial charge in [0.15, 0.2) is 0 Å². The minimum absolute atomic E-state index is 0.0679. The summed E-state index contributed by atoms with van der Waals surface area (Å²) in [7, 11) is 4.45. The van der Waals surface area contributed by atoms with E-state index in [4.69, 9.17) is 14.2 Å². The number of amides is 1. The molecule has 1 unspecified atom stereocenters. The molecule has 3 aromatic rings. The number of Topliss-reactive ketones (excluding diaryl/α,β-unsaturated/α-hetero) is 1. The maximum Gasteiger partial charge on any atom is 0.300 e. The van der Waals surface area contributed by atoms with Crippen molar-refractivity contribution in [1.29, 1.82) is 0 Å². The number of aliphatic hydroxyl groups is 1. The number of carbonyl (C=O) groups excluding carboxylic acids is 2. The molecule has 1 aliphatic rings. The van der Waals surface area contributed by atoms with Crippen molar-refractivity contribution in [1.82, 2.24) is 0 Å². The van der Waals surface area contributed by atoms with Gasteiger partial charge in [0.25, 0.3) is 11.7 Å². The summed E-state index contributed by atoms with van der Waals surface area (Å²) < 4.78 is 16.2. The van der Waals surface area contributed by atoms with Crippen molar-refractivity contribution in [3.05, 3.63) is 89.0 Å². The molecule has 1 amide bonds. The van der Waals surface area contributed by atoms with E-state index in [1.54, 1.807) is 54.6 Å². The second-order valence-electron chi connectivity index (χ2n) is 7.82. The van der Waals surface area contributed by atoms with E-state index >= 15 is 0 Å². The lowest BCUT2D eigenvalue weighted by Gasteiger charge is -2.26. The van der Waals surface area contributed by atoms with Crippen LogP contribution in [0.5, 0.6) is 17.2 Å². The highest BCUT2D eigenvalue weighted by Crippen LogP contribution is 2.45. The van der Waals surface area contributed by atoms with E-state index in [0.717, 1.165) is 5.56 Å². The first-order chi connectivity index (χ1) is 16.4. The first kappa shape index (κ1) is 22.9. The molecule has 1 saturated heterocycles. The van der Waals surface area contributed by atoms with E-state index in [1.165, 1.54) is 26.2 Å². The van der Waals surface area contributed by atoms with Crippen LogP contribution in [0.3, 0.4) is 0 Å². The van der Waals surface area contributed by atoms with Gasteiger partial charge in [0, 0.05) is 5.69 Å². The van der Waals surface area contributed by atoms with Gasteiger partial charge < -0.3 is 19.3 Å². The van der Waals surface area contributed by atoms with Crippen molar-refractivity contribution in [3.63, 3.8) is 0 Å². The molecule has 1 aliphatic heterocycles. The number of aryl methyl sites for hydroxylation is 1. The quantitative estimate of drug-likeness (QED) is 0.328. The van der Waals surface area contributed by atoms with Gasteiger partial charge in [0.1, 0.15) is 28.6 Å². The molecule has 0 aromatic heterocycles. The predicted octanol–water partition coefficient (Wildman–Crippen LogP) is 4.65. The normalized spacial score (nSPS) is 17.1. The Morgan fingerprint density at radius 1 is 0.853 bits per heavy atom. The largest absolute Gasteiger partial charge is 0.506 e. The topological polar surface area (TPSA) is 85.3 Å². The summed E-state index contributed by atoms with van der Waals surface area (Å²) in [5.74, 6) is -0.756. The number of nitrogens with zero attached hydrogens (tertiary/aromatic N) is 1. The SMILES string of the molecule is COc1cccc(C2/C(=C(\O)c3c(OC)cccc3OC)C(=O)C(=O)N2c2ccc(C)cc2)c1.